The van der Waals surface area contributed by atoms with Gasteiger partial charge in [-0.25, -0.2) is 0 Å². The van der Waals surface area contributed by atoms with E-state index in [4.69, 9.17) is 0 Å². The summed E-state index contributed by atoms with van der Waals surface area (Å²) >= 11 is 0. The van der Waals surface area contributed by atoms with Gasteiger partial charge in [-0.05, 0) is 62.0 Å². The number of para-hydroxylation sites is 1. The molecule has 0 heterocycles. The quantitative estimate of drug-likeness (QED) is 0.876. The summed E-state index contributed by atoms with van der Waals surface area (Å²) in [6, 6.07) is 7.63. The lowest BCUT2D eigenvalue weighted by atomic mass is 9.86. The number of hydrogen-bond acceptors (Lipinski definition) is 2. The third kappa shape index (κ3) is 3.26. The SMILES string of the molecule is O=C(C[C@H]1C[C@@H]2CC[C@@H]1C2)Nc1ccccc1C(=O)NC1CC1. The summed E-state index contributed by atoms with van der Waals surface area (Å²) < 4.78 is 0. The molecular formula is C19H24N2O2. The van der Waals surface area contributed by atoms with Crippen molar-refractivity contribution in [1.82, 2.24) is 5.32 Å². The Morgan fingerprint density at radius 3 is 2.57 bits per heavy atom. The van der Waals surface area contributed by atoms with Gasteiger partial charge in [-0.2, -0.15) is 0 Å². The third-order valence-electron chi connectivity index (χ3n) is 5.69. The molecule has 3 aliphatic rings. The molecule has 4 rings (SSSR count). The fourth-order valence-electron chi connectivity index (χ4n) is 4.35. The Morgan fingerprint density at radius 1 is 1.04 bits per heavy atom. The van der Waals surface area contributed by atoms with Crippen LogP contribution in [0.2, 0.25) is 0 Å². The molecule has 0 spiro atoms. The predicted octanol–water partition coefficient (Wildman–Crippen LogP) is 3.34. The lowest BCUT2D eigenvalue weighted by molar-refractivity contribution is -0.117. The Bertz CT molecular complexity index is 624. The van der Waals surface area contributed by atoms with Crippen molar-refractivity contribution in [2.45, 2.75) is 51.0 Å². The molecule has 2 amide bonds. The summed E-state index contributed by atoms with van der Waals surface area (Å²) in [5.74, 6) is 2.12. The van der Waals surface area contributed by atoms with E-state index >= 15 is 0 Å². The molecule has 3 fully saturated rings. The second-order valence-corrected chi connectivity index (χ2v) is 7.48. The molecule has 4 nitrogen and oxygen atoms in total. The van der Waals surface area contributed by atoms with Crippen LogP contribution in [0.15, 0.2) is 24.3 Å². The summed E-state index contributed by atoms with van der Waals surface area (Å²) in [6.07, 6.45) is 7.89. The molecule has 0 radical (unpaired) electrons. The zero-order valence-electron chi connectivity index (χ0n) is 13.4. The van der Waals surface area contributed by atoms with E-state index in [1.54, 1.807) is 6.07 Å². The van der Waals surface area contributed by atoms with Crippen molar-refractivity contribution < 1.29 is 9.59 Å². The van der Waals surface area contributed by atoms with Crippen LogP contribution in [0.3, 0.4) is 0 Å². The second-order valence-electron chi connectivity index (χ2n) is 7.48. The second kappa shape index (κ2) is 5.99. The number of nitrogens with one attached hydrogen (secondary N) is 2. The number of carbonyl (C=O) groups excluding carboxylic acids is 2. The highest BCUT2D eigenvalue weighted by molar-refractivity contribution is 6.03. The molecule has 0 aliphatic heterocycles. The van der Waals surface area contributed by atoms with Crippen LogP contribution in [0.5, 0.6) is 0 Å². The van der Waals surface area contributed by atoms with E-state index in [-0.39, 0.29) is 11.8 Å². The molecular weight excluding hydrogens is 288 g/mol. The number of amides is 2. The Balaban J connectivity index is 1.39. The average Bonchev–Trinajstić information content (AvgIpc) is 3.10. The smallest absolute Gasteiger partial charge is 0.253 e. The number of rotatable bonds is 5. The number of fused-ring (bicyclic) bond motifs is 2. The monoisotopic (exact) mass is 312 g/mol. The molecule has 4 heteroatoms. The standard InChI is InChI=1S/C19H24N2O2/c22-18(11-14-10-12-5-6-13(14)9-12)21-17-4-2-1-3-16(17)19(23)20-15-7-8-15/h1-4,12-15H,5-11H2,(H,20,23)(H,21,22)/t12-,13-,14-/m1/s1. The van der Waals surface area contributed by atoms with Gasteiger partial charge in [-0.3, -0.25) is 9.59 Å². The maximum absolute atomic E-state index is 12.4. The van der Waals surface area contributed by atoms with Gasteiger partial charge < -0.3 is 10.6 Å². The summed E-state index contributed by atoms with van der Waals surface area (Å²) in [7, 11) is 0. The molecule has 0 saturated heterocycles. The van der Waals surface area contributed by atoms with Gasteiger partial charge in [-0.1, -0.05) is 18.6 Å². The van der Waals surface area contributed by atoms with Crippen molar-refractivity contribution in [2.75, 3.05) is 5.32 Å². The van der Waals surface area contributed by atoms with Crippen LogP contribution in [0, 0.1) is 17.8 Å². The average molecular weight is 312 g/mol. The zero-order valence-corrected chi connectivity index (χ0v) is 13.4. The lowest BCUT2D eigenvalue weighted by Crippen LogP contribution is -2.27. The minimum Gasteiger partial charge on any atom is -0.349 e. The van der Waals surface area contributed by atoms with Gasteiger partial charge in [0.2, 0.25) is 5.91 Å². The highest BCUT2D eigenvalue weighted by Crippen LogP contribution is 2.49. The molecule has 1 aromatic rings. The number of benzene rings is 1. The topological polar surface area (TPSA) is 58.2 Å². The lowest BCUT2D eigenvalue weighted by Gasteiger charge is -2.21. The number of anilines is 1. The first-order valence-electron chi connectivity index (χ1n) is 8.89. The Kier molecular flexibility index (Phi) is 3.83. The van der Waals surface area contributed by atoms with Gasteiger partial charge >= 0.3 is 0 Å². The highest BCUT2D eigenvalue weighted by Gasteiger charge is 2.40. The Morgan fingerprint density at radius 2 is 1.87 bits per heavy atom. The summed E-state index contributed by atoms with van der Waals surface area (Å²) in [6.45, 7) is 0. The molecule has 3 atom stereocenters. The van der Waals surface area contributed by atoms with Crippen molar-refractivity contribution in [1.29, 1.82) is 0 Å². The van der Waals surface area contributed by atoms with Crippen LogP contribution in [-0.2, 0) is 4.79 Å². The minimum atomic E-state index is -0.0803. The van der Waals surface area contributed by atoms with Crippen LogP contribution in [-0.4, -0.2) is 17.9 Å². The van der Waals surface area contributed by atoms with Crippen LogP contribution in [0.4, 0.5) is 5.69 Å². The van der Waals surface area contributed by atoms with Gasteiger partial charge in [-0.15, -0.1) is 0 Å². The van der Waals surface area contributed by atoms with Gasteiger partial charge in [0.05, 0.1) is 11.3 Å². The Hall–Kier alpha value is -1.84. The van der Waals surface area contributed by atoms with Crippen LogP contribution in [0.25, 0.3) is 0 Å². The van der Waals surface area contributed by atoms with E-state index < -0.39 is 0 Å². The maximum atomic E-state index is 12.4. The van der Waals surface area contributed by atoms with Gasteiger partial charge in [0.25, 0.3) is 5.91 Å². The van der Waals surface area contributed by atoms with Crippen LogP contribution < -0.4 is 10.6 Å². The third-order valence-corrected chi connectivity index (χ3v) is 5.69. The first-order chi connectivity index (χ1) is 11.2. The van der Waals surface area contributed by atoms with E-state index in [0.29, 0.717) is 29.6 Å². The van der Waals surface area contributed by atoms with Crippen molar-refractivity contribution >= 4 is 17.5 Å². The first-order valence-corrected chi connectivity index (χ1v) is 8.89. The molecule has 3 saturated carbocycles. The fourth-order valence-corrected chi connectivity index (χ4v) is 4.35. The minimum absolute atomic E-state index is 0.0502. The predicted molar refractivity (Wildman–Crippen MR) is 89.1 cm³/mol. The van der Waals surface area contributed by atoms with Gasteiger partial charge in [0.1, 0.15) is 0 Å². The molecule has 0 unspecified atom stereocenters. The normalized spacial score (nSPS) is 28.6. The van der Waals surface area contributed by atoms with E-state index in [9.17, 15) is 9.59 Å². The van der Waals surface area contributed by atoms with Crippen molar-refractivity contribution in [3.05, 3.63) is 29.8 Å². The van der Waals surface area contributed by atoms with E-state index in [1.165, 1.54) is 25.7 Å². The van der Waals surface area contributed by atoms with E-state index in [0.717, 1.165) is 24.7 Å². The van der Waals surface area contributed by atoms with Crippen LogP contribution >= 0.6 is 0 Å². The highest BCUT2D eigenvalue weighted by atomic mass is 16.2. The summed E-state index contributed by atoms with van der Waals surface area (Å²) in [4.78, 5) is 24.7. The molecule has 0 aromatic heterocycles. The van der Waals surface area contributed by atoms with E-state index in [2.05, 4.69) is 10.6 Å². The largest absolute Gasteiger partial charge is 0.349 e. The molecule has 1 aromatic carbocycles. The Labute approximate surface area is 137 Å². The molecule has 2 N–H and O–H groups in total. The molecule has 122 valence electrons. The first kappa shape index (κ1) is 14.7. The zero-order chi connectivity index (χ0) is 15.8. The summed E-state index contributed by atoms with van der Waals surface area (Å²) in [5, 5.41) is 5.96. The summed E-state index contributed by atoms with van der Waals surface area (Å²) in [5.41, 5.74) is 1.21. The van der Waals surface area contributed by atoms with Gasteiger partial charge in [0.15, 0.2) is 0 Å². The van der Waals surface area contributed by atoms with Crippen molar-refractivity contribution in [3.63, 3.8) is 0 Å². The molecule has 3 aliphatic carbocycles. The molecule has 23 heavy (non-hydrogen) atoms. The maximum Gasteiger partial charge on any atom is 0.253 e. The van der Waals surface area contributed by atoms with Crippen LogP contribution in [0.1, 0.15) is 55.3 Å². The fraction of sp³-hybridized carbons (Fsp3) is 0.579. The molecule has 2 bridgehead atoms. The van der Waals surface area contributed by atoms with E-state index in [1.807, 2.05) is 18.2 Å². The van der Waals surface area contributed by atoms with Gasteiger partial charge in [0, 0.05) is 12.5 Å². The number of carbonyl (C=O) groups is 2. The van der Waals surface area contributed by atoms with Crippen molar-refractivity contribution in [2.24, 2.45) is 17.8 Å². The number of hydrogen-bond donors (Lipinski definition) is 2. The van der Waals surface area contributed by atoms with Crippen molar-refractivity contribution in [3.8, 4) is 0 Å².